The van der Waals surface area contributed by atoms with Gasteiger partial charge in [-0.3, -0.25) is 4.79 Å². The number of hydrogen-bond donors (Lipinski definition) is 2. The molecule has 0 amide bonds. The molecule has 0 fully saturated rings. The van der Waals surface area contributed by atoms with E-state index in [0.29, 0.717) is 6.42 Å². The molecule has 0 aliphatic carbocycles. The SMILES string of the molecule is CCCCNOC(=O)CCCC.N. The van der Waals surface area contributed by atoms with Crippen LogP contribution in [0.15, 0.2) is 0 Å². The molecule has 0 saturated carbocycles. The number of hydrogen-bond acceptors (Lipinski definition) is 4. The summed E-state index contributed by atoms with van der Waals surface area (Å²) in [6.07, 6.45) is 4.62. The minimum atomic E-state index is -0.145. The van der Waals surface area contributed by atoms with E-state index in [1.807, 2.05) is 0 Å². The third-order valence-corrected chi connectivity index (χ3v) is 1.55. The standard InChI is InChI=1S/C9H19NO2.H3N/c1-3-5-7-9(11)12-10-8-6-4-2;/h10H,3-8H2,1-2H3;1H3. The van der Waals surface area contributed by atoms with Gasteiger partial charge >= 0.3 is 5.97 Å². The highest BCUT2D eigenvalue weighted by Crippen LogP contribution is 1.94. The summed E-state index contributed by atoms with van der Waals surface area (Å²) in [6, 6.07) is 0. The van der Waals surface area contributed by atoms with Crippen LogP contribution in [0.5, 0.6) is 0 Å². The van der Waals surface area contributed by atoms with Gasteiger partial charge in [-0.1, -0.05) is 26.7 Å². The fourth-order valence-electron chi connectivity index (χ4n) is 0.753. The average Bonchev–Trinajstić information content (AvgIpc) is 2.09. The van der Waals surface area contributed by atoms with Crippen molar-refractivity contribution in [1.82, 2.24) is 11.6 Å². The fourth-order valence-corrected chi connectivity index (χ4v) is 0.753. The zero-order valence-corrected chi connectivity index (χ0v) is 8.77. The highest BCUT2D eigenvalue weighted by molar-refractivity contribution is 5.68. The number of hydroxylamine groups is 1. The Morgan fingerprint density at radius 1 is 1.23 bits per heavy atom. The third-order valence-electron chi connectivity index (χ3n) is 1.55. The molecule has 0 bridgehead atoms. The zero-order chi connectivity index (χ0) is 9.23. The van der Waals surface area contributed by atoms with Crippen LogP contribution in [0.1, 0.15) is 46.0 Å². The molecule has 0 radical (unpaired) electrons. The summed E-state index contributed by atoms with van der Waals surface area (Å²) in [6.45, 7) is 4.91. The Hall–Kier alpha value is -0.610. The maximum Gasteiger partial charge on any atom is 0.324 e. The predicted molar refractivity (Wildman–Crippen MR) is 53.5 cm³/mol. The molecule has 0 atom stereocenters. The summed E-state index contributed by atoms with van der Waals surface area (Å²) in [4.78, 5) is 15.6. The lowest BCUT2D eigenvalue weighted by Crippen LogP contribution is -2.20. The monoisotopic (exact) mass is 190 g/mol. The van der Waals surface area contributed by atoms with E-state index in [2.05, 4.69) is 19.3 Å². The highest BCUT2D eigenvalue weighted by Gasteiger charge is 1.99. The molecular formula is C9H22N2O2. The number of rotatable bonds is 7. The zero-order valence-electron chi connectivity index (χ0n) is 8.77. The summed E-state index contributed by atoms with van der Waals surface area (Å²) in [7, 11) is 0. The number of nitrogens with one attached hydrogen (secondary N) is 1. The Morgan fingerprint density at radius 2 is 1.85 bits per heavy atom. The van der Waals surface area contributed by atoms with E-state index in [9.17, 15) is 4.79 Å². The van der Waals surface area contributed by atoms with Crippen LogP contribution >= 0.6 is 0 Å². The van der Waals surface area contributed by atoms with Gasteiger partial charge in [-0.15, -0.1) is 0 Å². The Kier molecular flexibility index (Phi) is 13.0. The molecule has 0 rings (SSSR count). The molecule has 13 heavy (non-hydrogen) atoms. The minimum absolute atomic E-state index is 0. The van der Waals surface area contributed by atoms with Crippen molar-refractivity contribution in [1.29, 1.82) is 0 Å². The molecule has 0 spiro atoms. The maximum absolute atomic E-state index is 10.9. The number of carbonyl (C=O) groups excluding carboxylic acids is 1. The second-order valence-electron chi connectivity index (χ2n) is 2.83. The first-order valence-electron chi connectivity index (χ1n) is 4.73. The molecular weight excluding hydrogens is 168 g/mol. The van der Waals surface area contributed by atoms with Crippen molar-refractivity contribution in [2.45, 2.75) is 46.0 Å². The molecule has 0 saturated heterocycles. The average molecular weight is 190 g/mol. The quantitative estimate of drug-likeness (QED) is 0.476. The van der Waals surface area contributed by atoms with Crippen molar-refractivity contribution in [3.8, 4) is 0 Å². The molecule has 0 aromatic rings. The first kappa shape index (κ1) is 14.9. The molecule has 0 aromatic heterocycles. The van der Waals surface area contributed by atoms with E-state index in [4.69, 9.17) is 4.84 Å². The van der Waals surface area contributed by atoms with Gasteiger partial charge in [0.25, 0.3) is 0 Å². The van der Waals surface area contributed by atoms with E-state index in [0.717, 1.165) is 32.2 Å². The van der Waals surface area contributed by atoms with Crippen LogP contribution in [0.3, 0.4) is 0 Å². The van der Waals surface area contributed by atoms with Crippen LogP contribution in [0.2, 0.25) is 0 Å². The van der Waals surface area contributed by atoms with Crippen molar-refractivity contribution in [3.63, 3.8) is 0 Å². The van der Waals surface area contributed by atoms with Crippen LogP contribution in [0, 0.1) is 0 Å². The van der Waals surface area contributed by atoms with Gasteiger partial charge in [-0.25, -0.2) is 0 Å². The number of carbonyl (C=O) groups is 1. The third kappa shape index (κ3) is 11.4. The first-order chi connectivity index (χ1) is 5.81. The predicted octanol–water partition coefficient (Wildman–Crippen LogP) is 2.19. The van der Waals surface area contributed by atoms with Gasteiger partial charge in [-0.2, -0.15) is 5.48 Å². The molecule has 0 aliphatic heterocycles. The summed E-state index contributed by atoms with van der Waals surface area (Å²) < 4.78 is 0. The molecule has 0 unspecified atom stereocenters. The normalized spacial score (nSPS) is 9.08. The van der Waals surface area contributed by atoms with Gasteiger partial charge in [0.05, 0.1) is 0 Å². The van der Waals surface area contributed by atoms with Gasteiger partial charge in [0, 0.05) is 13.0 Å². The van der Waals surface area contributed by atoms with E-state index >= 15 is 0 Å². The van der Waals surface area contributed by atoms with Crippen molar-refractivity contribution in [2.24, 2.45) is 0 Å². The molecule has 4 nitrogen and oxygen atoms in total. The van der Waals surface area contributed by atoms with Crippen LogP contribution < -0.4 is 11.6 Å². The molecule has 0 aromatic carbocycles. The molecule has 4 N–H and O–H groups in total. The second-order valence-corrected chi connectivity index (χ2v) is 2.83. The van der Waals surface area contributed by atoms with Crippen molar-refractivity contribution in [2.75, 3.05) is 6.54 Å². The lowest BCUT2D eigenvalue weighted by atomic mass is 10.3. The summed E-state index contributed by atoms with van der Waals surface area (Å²) in [5.41, 5.74) is 2.65. The Bertz CT molecular complexity index is 118. The Labute approximate surface area is 80.6 Å². The van der Waals surface area contributed by atoms with Gasteiger partial charge < -0.3 is 11.0 Å². The lowest BCUT2D eigenvalue weighted by Gasteiger charge is -2.03. The largest absolute Gasteiger partial charge is 0.371 e. The van der Waals surface area contributed by atoms with E-state index in [1.54, 1.807) is 0 Å². The smallest absolute Gasteiger partial charge is 0.324 e. The Balaban J connectivity index is 0. The van der Waals surface area contributed by atoms with Crippen molar-refractivity contribution >= 4 is 5.97 Å². The topological polar surface area (TPSA) is 73.3 Å². The highest BCUT2D eigenvalue weighted by atomic mass is 16.7. The second kappa shape index (κ2) is 11.4. The van der Waals surface area contributed by atoms with Gasteiger partial charge in [-0.05, 0) is 12.8 Å². The van der Waals surface area contributed by atoms with Gasteiger partial charge in [0.2, 0.25) is 0 Å². The molecule has 4 heteroatoms. The molecule has 0 aliphatic rings. The minimum Gasteiger partial charge on any atom is -0.371 e. The summed E-state index contributed by atoms with van der Waals surface area (Å²) in [5, 5.41) is 0. The van der Waals surface area contributed by atoms with E-state index in [-0.39, 0.29) is 12.1 Å². The maximum atomic E-state index is 10.9. The van der Waals surface area contributed by atoms with Crippen LogP contribution in [-0.2, 0) is 9.63 Å². The molecule has 0 heterocycles. The van der Waals surface area contributed by atoms with E-state index in [1.165, 1.54) is 0 Å². The van der Waals surface area contributed by atoms with Crippen LogP contribution in [0.4, 0.5) is 0 Å². The molecule has 80 valence electrons. The summed E-state index contributed by atoms with van der Waals surface area (Å²) in [5.74, 6) is -0.145. The van der Waals surface area contributed by atoms with Crippen LogP contribution in [0.25, 0.3) is 0 Å². The Morgan fingerprint density at radius 3 is 2.38 bits per heavy atom. The van der Waals surface area contributed by atoms with Crippen LogP contribution in [-0.4, -0.2) is 12.5 Å². The summed E-state index contributed by atoms with van der Waals surface area (Å²) >= 11 is 0. The van der Waals surface area contributed by atoms with Gasteiger partial charge in [0.1, 0.15) is 0 Å². The van der Waals surface area contributed by atoms with Gasteiger partial charge in [0.15, 0.2) is 0 Å². The van der Waals surface area contributed by atoms with E-state index < -0.39 is 0 Å². The fraction of sp³-hybridized carbons (Fsp3) is 0.889. The van der Waals surface area contributed by atoms with Crippen molar-refractivity contribution < 1.29 is 9.63 Å². The van der Waals surface area contributed by atoms with Crippen molar-refractivity contribution in [3.05, 3.63) is 0 Å². The number of unbranched alkanes of at least 4 members (excludes halogenated alkanes) is 2. The lowest BCUT2D eigenvalue weighted by molar-refractivity contribution is -0.151. The first-order valence-corrected chi connectivity index (χ1v) is 4.73.